The average Bonchev–Trinajstić information content (AvgIpc) is 3.18. The Labute approximate surface area is 147 Å². The van der Waals surface area contributed by atoms with E-state index in [1.165, 1.54) is 24.6 Å². The van der Waals surface area contributed by atoms with Gasteiger partial charge in [0.25, 0.3) is 10.1 Å². The normalized spacial score (nSPS) is 21.8. The maximum atomic E-state index is 13.0. The first-order valence-corrected chi connectivity index (χ1v) is 9.57. The number of fused-ring (bicyclic) bond motifs is 2. The van der Waals surface area contributed by atoms with E-state index in [9.17, 15) is 12.8 Å². The number of benzene rings is 2. The Hall–Kier alpha value is -1.96. The molecule has 0 amide bonds. The number of nitrogens with zero attached hydrogens (tertiary/aromatic N) is 1. The highest BCUT2D eigenvalue weighted by molar-refractivity contribution is 7.85. The van der Waals surface area contributed by atoms with Gasteiger partial charge in [-0.2, -0.15) is 8.42 Å². The maximum absolute atomic E-state index is 13.0. The molecule has 2 atom stereocenters. The molecule has 134 valence electrons. The third kappa shape index (κ3) is 4.36. The van der Waals surface area contributed by atoms with Crippen LogP contribution in [0.3, 0.4) is 0 Å². The van der Waals surface area contributed by atoms with Gasteiger partial charge in [-0.15, -0.1) is 0 Å². The molecule has 7 heteroatoms. The lowest BCUT2D eigenvalue weighted by Gasteiger charge is -2.29. The van der Waals surface area contributed by atoms with Crippen molar-refractivity contribution in [3.8, 4) is 0 Å². The van der Waals surface area contributed by atoms with Gasteiger partial charge in [0, 0.05) is 30.9 Å². The van der Waals surface area contributed by atoms with Gasteiger partial charge in [0.15, 0.2) is 0 Å². The molecule has 2 aliphatic heterocycles. The van der Waals surface area contributed by atoms with Gasteiger partial charge in [-0.1, -0.05) is 23.8 Å². The summed E-state index contributed by atoms with van der Waals surface area (Å²) in [4.78, 5) is 2.24. The Balaban J connectivity index is 0.000000151. The maximum Gasteiger partial charge on any atom is 0.294 e. The summed E-state index contributed by atoms with van der Waals surface area (Å²) < 4.78 is 42.6. The Morgan fingerprint density at radius 3 is 2.44 bits per heavy atom. The van der Waals surface area contributed by atoms with Crippen molar-refractivity contribution >= 4 is 15.8 Å². The number of hydrogen-bond donors (Lipinski definition) is 2. The van der Waals surface area contributed by atoms with Crippen LogP contribution in [0.15, 0.2) is 53.4 Å². The molecule has 4 rings (SSSR count). The zero-order valence-corrected chi connectivity index (χ0v) is 14.7. The molecule has 2 heterocycles. The highest BCUT2D eigenvalue weighted by Gasteiger charge is 2.37. The molecule has 2 bridgehead atoms. The zero-order valence-electron chi connectivity index (χ0n) is 13.9. The van der Waals surface area contributed by atoms with E-state index < -0.39 is 10.1 Å². The van der Waals surface area contributed by atoms with E-state index in [1.54, 1.807) is 24.3 Å². The van der Waals surface area contributed by atoms with Crippen molar-refractivity contribution in [2.75, 3.05) is 18.0 Å². The Morgan fingerprint density at radius 1 is 1.20 bits per heavy atom. The van der Waals surface area contributed by atoms with Crippen molar-refractivity contribution in [2.45, 2.75) is 30.3 Å². The molecule has 0 radical (unpaired) electrons. The van der Waals surface area contributed by atoms with E-state index >= 15 is 0 Å². The van der Waals surface area contributed by atoms with Crippen LogP contribution in [0.4, 0.5) is 10.1 Å². The molecule has 2 aromatic carbocycles. The van der Waals surface area contributed by atoms with Gasteiger partial charge in [0.1, 0.15) is 5.82 Å². The molecule has 2 aromatic rings. The third-order valence-corrected chi connectivity index (χ3v) is 5.38. The zero-order chi connectivity index (χ0) is 18.0. The number of aryl methyl sites for hydroxylation is 1. The second-order valence-electron chi connectivity index (χ2n) is 6.42. The summed E-state index contributed by atoms with van der Waals surface area (Å²) in [6.07, 6.45) is 1.20. The summed E-state index contributed by atoms with van der Waals surface area (Å²) in [5, 5.41) is 3.43. The van der Waals surface area contributed by atoms with E-state index in [-0.39, 0.29) is 10.7 Å². The largest absolute Gasteiger partial charge is 0.366 e. The van der Waals surface area contributed by atoms with Crippen molar-refractivity contribution in [2.24, 2.45) is 0 Å². The summed E-state index contributed by atoms with van der Waals surface area (Å²) in [6.45, 7) is 3.91. The van der Waals surface area contributed by atoms with Gasteiger partial charge in [-0.3, -0.25) is 4.55 Å². The van der Waals surface area contributed by atoms with Crippen LogP contribution in [-0.4, -0.2) is 38.1 Å². The first-order valence-electron chi connectivity index (χ1n) is 8.13. The van der Waals surface area contributed by atoms with Crippen LogP contribution in [0.5, 0.6) is 0 Å². The first-order chi connectivity index (χ1) is 11.8. The van der Waals surface area contributed by atoms with E-state index in [4.69, 9.17) is 4.55 Å². The molecule has 2 saturated heterocycles. The number of halogens is 1. The standard InChI is InChI=1S/C11H13FN2.C7H8O3S/c12-8-2-1-3-10(4-8)14-7-9-5-11(14)6-13-9;1-6-2-4-7(5-3-6)11(8,9)10/h1-4,9,11,13H,5-7H2;2-5H,1H3,(H,8,9,10)/t9-,11-;/m0./s1. The minimum atomic E-state index is -4.02. The lowest BCUT2D eigenvalue weighted by molar-refractivity contribution is 0.483. The number of hydrogen-bond acceptors (Lipinski definition) is 4. The molecule has 0 aliphatic carbocycles. The Bertz CT molecular complexity index is 840. The van der Waals surface area contributed by atoms with E-state index in [0.717, 1.165) is 24.3 Å². The fourth-order valence-corrected chi connectivity index (χ4v) is 3.72. The topological polar surface area (TPSA) is 69.6 Å². The minimum absolute atomic E-state index is 0.0666. The van der Waals surface area contributed by atoms with Crippen LogP contribution in [0, 0.1) is 12.7 Å². The van der Waals surface area contributed by atoms with E-state index in [2.05, 4.69) is 10.2 Å². The number of anilines is 1. The van der Waals surface area contributed by atoms with Crippen molar-refractivity contribution < 1.29 is 17.4 Å². The molecule has 0 aromatic heterocycles. The monoisotopic (exact) mass is 364 g/mol. The van der Waals surface area contributed by atoms with Crippen LogP contribution < -0.4 is 10.2 Å². The Morgan fingerprint density at radius 2 is 1.92 bits per heavy atom. The summed E-state index contributed by atoms with van der Waals surface area (Å²) >= 11 is 0. The predicted octanol–water partition coefficient (Wildman–Crippen LogP) is 2.62. The van der Waals surface area contributed by atoms with Gasteiger partial charge in [-0.05, 0) is 43.7 Å². The summed E-state index contributed by atoms with van der Waals surface area (Å²) in [5.41, 5.74) is 1.98. The fraction of sp³-hybridized carbons (Fsp3) is 0.333. The SMILES string of the molecule is Cc1ccc(S(=O)(=O)O)cc1.Fc1cccc(N2C[C@@H]3C[C@H]2CN3)c1. The van der Waals surface area contributed by atoms with Crippen molar-refractivity contribution in [3.05, 3.63) is 59.9 Å². The lowest BCUT2D eigenvalue weighted by Crippen LogP contribution is -2.43. The third-order valence-electron chi connectivity index (χ3n) is 4.52. The molecular formula is C18H21FN2O3S. The quantitative estimate of drug-likeness (QED) is 0.802. The van der Waals surface area contributed by atoms with Gasteiger partial charge >= 0.3 is 0 Å². The van der Waals surface area contributed by atoms with Crippen LogP contribution in [0.1, 0.15) is 12.0 Å². The van der Waals surface area contributed by atoms with Crippen LogP contribution in [-0.2, 0) is 10.1 Å². The van der Waals surface area contributed by atoms with E-state index in [0.29, 0.717) is 12.1 Å². The van der Waals surface area contributed by atoms with Crippen LogP contribution in [0.25, 0.3) is 0 Å². The van der Waals surface area contributed by atoms with Crippen molar-refractivity contribution in [3.63, 3.8) is 0 Å². The van der Waals surface area contributed by atoms with Crippen LogP contribution in [0.2, 0.25) is 0 Å². The van der Waals surface area contributed by atoms with Gasteiger partial charge in [0.05, 0.1) is 4.90 Å². The predicted molar refractivity (Wildman–Crippen MR) is 94.9 cm³/mol. The molecule has 0 saturated carbocycles. The smallest absolute Gasteiger partial charge is 0.294 e. The van der Waals surface area contributed by atoms with Crippen LogP contribution >= 0.6 is 0 Å². The van der Waals surface area contributed by atoms with Gasteiger partial charge in [-0.25, -0.2) is 4.39 Å². The summed E-state index contributed by atoms with van der Waals surface area (Å²) in [5.74, 6) is -0.141. The number of nitrogens with one attached hydrogen (secondary N) is 1. The fourth-order valence-electron chi connectivity index (χ4n) is 3.24. The molecule has 2 N–H and O–H groups in total. The Kier molecular flexibility index (Phi) is 5.08. The number of piperazine rings is 1. The summed E-state index contributed by atoms with van der Waals surface area (Å²) in [6, 6.07) is 14.1. The molecule has 0 spiro atoms. The molecular weight excluding hydrogens is 343 g/mol. The molecule has 0 unspecified atom stereocenters. The highest BCUT2D eigenvalue weighted by Crippen LogP contribution is 2.29. The molecule has 2 aliphatic rings. The highest BCUT2D eigenvalue weighted by atomic mass is 32.2. The molecule has 25 heavy (non-hydrogen) atoms. The van der Waals surface area contributed by atoms with Crippen molar-refractivity contribution in [1.82, 2.24) is 5.32 Å². The van der Waals surface area contributed by atoms with E-state index in [1.807, 2.05) is 13.0 Å². The second-order valence-corrected chi connectivity index (χ2v) is 7.84. The minimum Gasteiger partial charge on any atom is -0.366 e. The molecule has 5 nitrogen and oxygen atoms in total. The average molecular weight is 364 g/mol. The first kappa shape index (κ1) is 17.8. The van der Waals surface area contributed by atoms with Crippen molar-refractivity contribution in [1.29, 1.82) is 0 Å². The summed E-state index contributed by atoms with van der Waals surface area (Å²) in [7, 11) is -4.02. The van der Waals surface area contributed by atoms with Gasteiger partial charge in [0.2, 0.25) is 0 Å². The second kappa shape index (κ2) is 7.11. The number of rotatable bonds is 2. The van der Waals surface area contributed by atoms with Gasteiger partial charge < -0.3 is 10.2 Å². The lowest BCUT2D eigenvalue weighted by atomic mass is 10.2. The molecule has 2 fully saturated rings.